The molecule has 0 spiro atoms. The second-order valence-electron chi connectivity index (χ2n) is 3.75. The Labute approximate surface area is 95.1 Å². The molecule has 0 bridgehead atoms. The molecule has 0 radical (unpaired) electrons. The Morgan fingerprint density at radius 3 is 3.06 bits per heavy atom. The van der Waals surface area contributed by atoms with Gasteiger partial charge in [-0.15, -0.1) is 0 Å². The fourth-order valence-electron chi connectivity index (χ4n) is 1.59. The van der Waals surface area contributed by atoms with Crippen molar-refractivity contribution in [1.29, 1.82) is 0 Å². The Bertz CT molecular complexity index is 396. The zero-order chi connectivity index (χ0) is 11.2. The first-order chi connectivity index (χ1) is 7.86. The highest BCUT2D eigenvalue weighted by atomic mass is 14.9. The molecule has 16 heavy (non-hydrogen) atoms. The van der Waals surface area contributed by atoms with Gasteiger partial charge in [0.05, 0.1) is 0 Å². The molecular weight excluding hydrogens is 200 g/mol. The third-order valence-electron chi connectivity index (χ3n) is 2.55. The molecule has 2 heterocycles. The summed E-state index contributed by atoms with van der Waals surface area (Å²) in [6.07, 6.45) is 8.22. The van der Waals surface area contributed by atoms with E-state index >= 15 is 0 Å². The lowest BCUT2D eigenvalue weighted by atomic mass is 10.1. The first-order valence-corrected chi connectivity index (χ1v) is 5.48. The molecule has 0 aliphatic carbocycles. The molecule has 0 aromatic carbocycles. The van der Waals surface area contributed by atoms with Gasteiger partial charge in [0.25, 0.3) is 0 Å². The number of aromatic nitrogens is 3. The summed E-state index contributed by atoms with van der Waals surface area (Å²) in [5, 5.41) is 3.44. The SMILES string of the molecule is CC(NCCc1ncc[nH]1)c1cccnc1. The summed E-state index contributed by atoms with van der Waals surface area (Å²) in [5.41, 5.74) is 1.21. The van der Waals surface area contributed by atoms with E-state index in [1.54, 1.807) is 12.4 Å². The molecular formula is C12H16N4. The van der Waals surface area contributed by atoms with Crippen LogP contribution in [-0.4, -0.2) is 21.5 Å². The number of imidazole rings is 1. The van der Waals surface area contributed by atoms with Crippen molar-refractivity contribution >= 4 is 0 Å². The monoisotopic (exact) mass is 216 g/mol. The number of hydrogen-bond donors (Lipinski definition) is 2. The van der Waals surface area contributed by atoms with Crippen molar-refractivity contribution in [3.63, 3.8) is 0 Å². The molecule has 1 atom stereocenters. The van der Waals surface area contributed by atoms with Crippen LogP contribution in [0.1, 0.15) is 24.4 Å². The maximum absolute atomic E-state index is 4.18. The molecule has 0 saturated carbocycles. The maximum Gasteiger partial charge on any atom is 0.107 e. The van der Waals surface area contributed by atoms with Gasteiger partial charge in [0.15, 0.2) is 0 Å². The fourth-order valence-corrected chi connectivity index (χ4v) is 1.59. The molecule has 0 aliphatic rings. The molecule has 0 fully saturated rings. The van der Waals surface area contributed by atoms with Gasteiger partial charge in [0, 0.05) is 43.8 Å². The predicted octanol–water partition coefficient (Wildman–Crippen LogP) is 1.70. The van der Waals surface area contributed by atoms with E-state index in [4.69, 9.17) is 0 Å². The zero-order valence-electron chi connectivity index (χ0n) is 9.35. The van der Waals surface area contributed by atoms with Gasteiger partial charge in [-0.05, 0) is 18.6 Å². The van der Waals surface area contributed by atoms with Crippen LogP contribution in [0, 0.1) is 0 Å². The predicted molar refractivity (Wildman–Crippen MR) is 62.9 cm³/mol. The van der Waals surface area contributed by atoms with Gasteiger partial charge in [0.2, 0.25) is 0 Å². The Kier molecular flexibility index (Phi) is 3.66. The summed E-state index contributed by atoms with van der Waals surface area (Å²) in [5.74, 6) is 1.02. The van der Waals surface area contributed by atoms with E-state index in [0.717, 1.165) is 18.8 Å². The molecule has 2 aromatic rings. The van der Waals surface area contributed by atoms with Gasteiger partial charge in [0.1, 0.15) is 5.82 Å². The second-order valence-corrected chi connectivity index (χ2v) is 3.75. The minimum Gasteiger partial charge on any atom is -0.349 e. The van der Waals surface area contributed by atoms with Crippen LogP contribution in [0.3, 0.4) is 0 Å². The number of H-pyrrole nitrogens is 1. The standard InChI is InChI=1S/C12H16N4/c1-10(11-3-2-5-13-9-11)14-6-4-12-15-7-8-16-12/h2-3,5,7-10,14H,4,6H2,1H3,(H,15,16). The van der Waals surface area contributed by atoms with Crippen LogP contribution >= 0.6 is 0 Å². The van der Waals surface area contributed by atoms with Crippen molar-refractivity contribution in [3.05, 3.63) is 48.3 Å². The molecule has 84 valence electrons. The Balaban J connectivity index is 1.78. The number of hydrogen-bond acceptors (Lipinski definition) is 3. The molecule has 2 aromatic heterocycles. The summed E-state index contributed by atoms with van der Waals surface area (Å²) in [7, 11) is 0. The number of nitrogens with one attached hydrogen (secondary N) is 2. The highest BCUT2D eigenvalue weighted by molar-refractivity contribution is 5.12. The Morgan fingerprint density at radius 2 is 2.38 bits per heavy atom. The van der Waals surface area contributed by atoms with Crippen molar-refractivity contribution in [2.45, 2.75) is 19.4 Å². The number of rotatable bonds is 5. The first-order valence-electron chi connectivity index (χ1n) is 5.48. The Hall–Kier alpha value is -1.68. The minimum absolute atomic E-state index is 0.323. The fraction of sp³-hybridized carbons (Fsp3) is 0.333. The second kappa shape index (κ2) is 5.42. The van der Waals surface area contributed by atoms with Gasteiger partial charge in [-0.2, -0.15) is 0 Å². The van der Waals surface area contributed by atoms with Crippen LogP contribution in [0.5, 0.6) is 0 Å². The number of pyridine rings is 1. The van der Waals surface area contributed by atoms with Gasteiger partial charge in [-0.1, -0.05) is 6.07 Å². The lowest BCUT2D eigenvalue weighted by Gasteiger charge is -2.12. The summed E-state index contributed by atoms with van der Waals surface area (Å²) in [4.78, 5) is 11.4. The number of nitrogens with zero attached hydrogens (tertiary/aromatic N) is 2. The van der Waals surface area contributed by atoms with Crippen molar-refractivity contribution in [3.8, 4) is 0 Å². The lowest BCUT2D eigenvalue weighted by molar-refractivity contribution is 0.570. The molecule has 2 N–H and O–H groups in total. The maximum atomic E-state index is 4.18. The van der Waals surface area contributed by atoms with Crippen molar-refractivity contribution in [1.82, 2.24) is 20.3 Å². The quantitative estimate of drug-likeness (QED) is 0.799. The highest BCUT2D eigenvalue weighted by Crippen LogP contribution is 2.09. The van der Waals surface area contributed by atoms with Crippen LogP contribution in [-0.2, 0) is 6.42 Å². The minimum atomic E-state index is 0.323. The number of aromatic amines is 1. The summed E-state index contributed by atoms with van der Waals surface area (Å²) < 4.78 is 0. The molecule has 0 saturated heterocycles. The van der Waals surface area contributed by atoms with E-state index in [2.05, 4.69) is 33.3 Å². The molecule has 1 unspecified atom stereocenters. The van der Waals surface area contributed by atoms with Crippen LogP contribution in [0.25, 0.3) is 0 Å². The normalized spacial score (nSPS) is 12.6. The van der Waals surface area contributed by atoms with Gasteiger partial charge < -0.3 is 10.3 Å². The first kappa shape index (κ1) is 10.8. The summed E-state index contributed by atoms with van der Waals surface area (Å²) >= 11 is 0. The lowest BCUT2D eigenvalue weighted by Crippen LogP contribution is -2.21. The molecule has 2 rings (SSSR count). The third-order valence-corrected chi connectivity index (χ3v) is 2.55. The molecule has 4 heteroatoms. The van der Waals surface area contributed by atoms with Crippen molar-refractivity contribution < 1.29 is 0 Å². The van der Waals surface area contributed by atoms with E-state index in [-0.39, 0.29) is 0 Å². The summed E-state index contributed by atoms with van der Waals surface area (Å²) in [6.45, 7) is 3.04. The summed E-state index contributed by atoms with van der Waals surface area (Å²) in [6, 6.07) is 4.36. The topological polar surface area (TPSA) is 53.6 Å². The van der Waals surface area contributed by atoms with Crippen LogP contribution in [0.4, 0.5) is 0 Å². The smallest absolute Gasteiger partial charge is 0.107 e. The average Bonchev–Trinajstić information content (AvgIpc) is 2.83. The van der Waals surface area contributed by atoms with Gasteiger partial charge in [-0.25, -0.2) is 4.98 Å². The molecule has 0 aliphatic heterocycles. The van der Waals surface area contributed by atoms with Crippen LogP contribution in [0.2, 0.25) is 0 Å². The third kappa shape index (κ3) is 2.90. The van der Waals surface area contributed by atoms with Crippen molar-refractivity contribution in [2.24, 2.45) is 0 Å². The molecule has 0 amide bonds. The highest BCUT2D eigenvalue weighted by Gasteiger charge is 2.04. The van der Waals surface area contributed by atoms with E-state index < -0.39 is 0 Å². The van der Waals surface area contributed by atoms with Crippen molar-refractivity contribution in [2.75, 3.05) is 6.54 Å². The van der Waals surface area contributed by atoms with E-state index in [1.807, 2.05) is 18.5 Å². The van der Waals surface area contributed by atoms with E-state index in [1.165, 1.54) is 5.56 Å². The van der Waals surface area contributed by atoms with E-state index in [9.17, 15) is 0 Å². The zero-order valence-corrected chi connectivity index (χ0v) is 9.35. The molecule has 4 nitrogen and oxygen atoms in total. The van der Waals surface area contributed by atoms with Crippen LogP contribution in [0.15, 0.2) is 36.9 Å². The largest absolute Gasteiger partial charge is 0.349 e. The van der Waals surface area contributed by atoms with E-state index in [0.29, 0.717) is 6.04 Å². The van der Waals surface area contributed by atoms with Crippen LogP contribution < -0.4 is 5.32 Å². The van der Waals surface area contributed by atoms with Gasteiger partial charge in [-0.3, -0.25) is 4.98 Å². The Morgan fingerprint density at radius 1 is 1.44 bits per heavy atom. The van der Waals surface area contributed by atoms with Gasteiger partial charge >= 0.3 is 0 Å². The average molecular weight is 216 g/mol.